The number of hydrogen-bond acceptors (Lipinski definition) is 6. The molecule has 1 heterocycles. The second-order valence-corrected chi connectivity index (χ2v) is 10.7. The maximum Gasteiger partial charge on any atom is 0.264 e. The van der Waals surface area contributed by atoms with Gasteiger partial charge >= 0.3 is 0 Å². The van der Waals surface area contributed by atoms with Crippen LogP contribution in [0.15, 0.2) is 65.6 Å². The fraction of sp³-hybridized carbons (Fsp3) is 0.269. The molecule has 8 nitrogen and oxygen atoms in total. The Morgan fingerprint density at radius 2 is 1.81 bits per heavy atom. The predicted octanol–water partition coefficient (Wildman–Crippen LogP) is 4.50. The Labute approximate surface area is 215 Å². The third kappa shape index (κ3) is 5.08. The van der Waals surface area contributed by atoms with Gasteiger partial charge in [-0.25, -0.2) is 8.42 Å². The summed E-state index contributed by atoms with van der Waals surface area (Å²) in [6.07, 6.45) is -1.10. The van der Waals surface area contributed by atoms with Crippen LogP contribution in [0.2, 0.25) is 5.02 Å². The van der Waals surface area contributed by atoms with Crippen LogP contribution in [-0.2, 0) is 14.8 Å². The summed E-state index contributed by atoms with van der Waals surface area (Å²) >= 11 is 6.17. The lowest BCUT2D eigenvalue weighted by Crippen LogP contribution is -2.51. The third-order valence-electron chi connectivity index (χ3n) is 5.95. The van der Waals surface area contributed by atoms with Gasteiger partial charge in [0.1, 0.15) is 17.2 Å². The van der Waals surface area contributed by atoms with Gasteiger partial charge in [-0.2, -0.15) is 0 Å². The number of aryl methyl sites for hydroxylation is 1. The van der Waals surface area contributed by atoms with Crippen LogP contribution in [0, 0.1) is 6.92 Å². The predicted molar refractivity (Wildman–Crippen MR) is 138 cm³/mol. The topological polar surface area (TPSA) is 94.2 Å². The molecule has 0 fully saturated rings. The minimum atomic E-state index is -4.00. The van der Waals surface area contributed by atoms with Gasteiger partial charge < -0.3 is 19.5 Å². The minimum Gasteiger partial charge on any atom is -0.497 e. The summed E-state index contributed by atoms with van der Waals surface area (Å²) in [5, 5.41) is 3.26. The first-order chi connectivity index (χ1) is 17.1. The van der Waals surface area contributed by atoms with Crippen LogP contribution >= 0.6 is 11.6 Å². The summed E-state index contributed by atoms with van der Waals surface area (Å²) in [5.41, 5.74) is 1.91. The van der Waals surface area contributed by atoms with Crippen molar-refractivity contribution in [3.8, 4) is 17.2 Å². The highest BCUT2D eigenvalue weighted by Gasteiger charge is 2.38. The average molecular weight is 531 g/mol. The number of amides is 1. The maximum atomic E-state index is 13.6. The molecule has 1 aliphatic heterocycles. The Balaban J connectivity index is 1.64. The number of rotatable bonds is 7. The zero-order valence-corrected chi connectivity index (χ0v) is 21.9. The van der Waals surface area contributed by atoms with Crippen LogP contribution in [-0.4, -0.2) is 41.2 Å². The number of anilines is 1. The van der Waals surface area contributed by atoms with E-state index in [9.17, 15) is 13.2 Å². The monoisotopic (exact) mass is 530 g/mol. The van der Waals surface area contributed by atoms with Gasteiger partial charge in [-0.15, -0.1) is 0 Å². The summed E-state index contributed by atoms with van der Waals surface area (Å²) in [7, 11) is -0.903. The number of hydrogen-bond donors (Lipinski definition) is 1. The molecule has 2 atom stereocenters. The highest BCUT2D eigenvalue weighted by molar-refractivity contribution is 7.92. The number of fused-ring (bicyclic) bond motifs is 1. The van der Waals surface area contributed by atoms with Gasteiger partial charge in [0.05, 0.1) is 37.4 Å². The fourth-order valence-electron chi connectivity index (χ4n) is 3.99. The number of halogens is 1. The van der Waals surface area contributed by atoms with Crippen molar-refractivity contribution < 1.29 is 27.4 Å². The van der Waals surface area contributed by atoms with Crippen molar-refractivity contribution in [1.29, 1.82) is 0 Å². The summed E-state index contributed by atoms with van der Waals surface area (Å²) in [4.78, 5) is 13.4. The molecular weight excluding hydrogens is 504 g/mol. The van der Waals surface area contributed by atoms with E-state index in [1.807, 2.05) is 6.92 Å². The summed E-state index contributed by atoms with van der Waals surface area (Å²) in [6.45, 7) is 3.45. The molecule has 0 spiro atoms. The molecule has 0 saturated carbocycles. The molecule has 10 heteroatoms. The van der Waals surface area contributed by atoms with E-state index >= 15 is 0 Å². The van der Waals surface area contributed by atoms with E-state index < -0.39 is 28.1 Å². The molecular formula is C26H27ClN2O6S. The number of methoxy groups -OCH3 is 2. The smallest absolute Gasteiger partial charge is 0.264 e. The Kier molecular flexibility index (Phi) is 7.33. The molecule has 0 aromatic heterocycles. The zero-order valence-electron chi connectivity index (χ0n) is 20.3. The number of carbonyl (C=O) groups excluding carboxylic acids is 1. The van der Waals surface area contributed by atoms with Gasteiger partial charge in [-0.05, 0) is 62.4 Å². The van der Waals surface area contributed by atoms with Gasteiger partial charge in [0.15, 0.2) is 6.10 Å². The van der Waals surface area contributed by atoms with Crippen LogP contribution in [0.3, 0.4) is 0 Å². The van der Waals surface area contributed by atoms with Crippen molar-refractivity contribution in [3.05, 3.63) is 76.8 Å². The zero-order chi connectivity index (χ0) is 26.0. The second-order valence-electron chi connectivity index (χ2n) is 8.41. The Hall–Kier alpha value is -3.43. The van der Waals surface area contributed by atoms with E-state index in [0.717, 1.165) is 5.56 Å². The third-order valence-corrected chi connectivity index (χ3v) is 7.98. The molecule has 0 aliphatic carbocycles. The van der Waals surface area contributed by atoms with Gasteiger partial charge in [-0.1, -0.05) is 29.3 Å². The van der Waals surface area contributed by atoms with E-state index in [0.29, 0.717) is 22.1 Å². The lowest BCUT2D eigenvalue weighted by molar-refractivity contribution is -0.128. The molecule has 0 radical (unpaired) electrons. The first-order valence-electron chi connectivity index (χ1n) is 11.2. The number of sulfonamides is 1. The number of carbonyl (C=O) groups is 1. The van der Waals surface area contributed by atoms with Gasteiger partial charge in [-0.3, -0.25) is 9.10 Å². The molecule has 3 aromatic carbocycles. The molecule has 36 heavy (non-hydrogen) atoms. The summed E-state index contributed by atoms with van der Waals surface area (Å²) in [5.74, 6) is 0.962. The van der Waals surface area contributed by atoms with Crippen molar-refractivity contribution >= 4 is 33.2 Å². The Morgan fingerprint density at radius 3 is 2.47 bits per heavy atom. The van der Waals surface area contributed by atoms with E-state index in [2.05, 4.69) is 5.32 Å². The molecule has 1 amide bonds. The first kappa shape index (κ1) is 25.7. The van der Waals surface area contributed by atoms with E-state index in [-0.39, 0.29) is 22.9 Å². The largest absolute Gasteiger partial charge is 0.497 e. The first-order valence-corrected chi connectivity index (χ1v) is 13.0. The van der Waals surface area contributed by atoms with Crippen LogP contribution < -0.4 is 23.8 Å². The van der Waals surface area contributed by atoms with Crippen LogP contribution in [0.5, 0.6) is 17.2 Å². The molecule has 4 rings (SSSR count). The fourth-order valence-corrected chi connectivity index (χ4v) is 5.62. The number of benzene rings is 3. The average Bonchev–Trinajstić information content (AvgIpc) is 2.87. The van der Waals surface area contributed by atoms with E-state index in [4.69, 9.17) is 25.8 Å². The summed E-state index contributed by atoms with van der Waals surface area (Å²) in [6, 6.07) is 16.0. The Morgan fingerprint density at radius 1 is 1.08 bits per heavy atom. The van der Waals surface area contributed by atoms with E-state index in [1.165, 1.54) is 22.5 Å². The van der Waals surface area contributed by atoms with Crippen molar-refractivity contribution in [2.45, 2.75) is 30.9 Å². The van der Waals surface area contributed by atoms with Crippen molar-refractivity contribution in [1.82, 2.24) is 5.32 Å². The van der Waals surface area contributed by atoms with Crippen LogP contribution in [0.4, 0.5) is 5.69 Å². The van der Waals surface area contributed by atoms with Gasteiger partial charge in [0.25, 0.3) is 15.9 Å². The second kappa shape index (κ2) is 10.3. The molecule has 1 aliphatic rings. The highest BCUT2D eigenvalue weighted by Crippen LogP contribution is 2.39. The lowest BCUT2D eigenvalue weighted by Gasteiger charge is -2.35. The molecule has 0 bridgehead atoms. The molecule has 0 saturated heterocycles. The number of nitrogens with one attached hydrogen (secondary N) is 1. The normalized spacial score (nSPS) is 15.9. The SMILES string of the molecule is COc1ccc(OC)c(C(C)NC(=O)C2CN(S(=O)(=O)c3ccc(C)cc3)c3cc(Cl)ccc3O2)c1. The number of ether oxygens (including phenoxy) is 3. The standard InChI is InChI=1S/C26H27ClN2O6S/c1-16-5-9-20(10-6-16)36(31,32)29-15-25(35-24-11-7-18(27)13-22(24)29)26(30)28-17(2)21-14-19(33-3)8-12-23(21)34-4/h5-14,17,25H,15H2,1-4H3,(H,28,30). The van der Waals surface area contributed by atoms with Gasteiger partial charge in [0, 0.05) is 10.6 Å². The lowest BCUT2D eigenvalue weighted by atomic mass is 10.1. The molecule has 3 aromatic rings. The van der Waals surface area contributed by atoms with Crippen LogP contribution in [0.1, 0.15) is 24.1 Å². The Bertz CT molecular complexity index is 1380. The molecule has 1 N–H and O–H groups in total. The van der Waals surface area contributed by atoms with Gasteiger partial charge in [0.2, 0.25) is 0 Å². The van der Waals surface area contributed by atoms with Crippen molar-refractivity contribution in [3.63, 3.8) is 0 Å². The van der Waals surface area contributed by atoms with Crippen molar-refractivity contribution in [2.24, 2.45) is 0 Å². The molecule has 2 unspecified atom stereocenters. The number of nitrogens with zero attached hydrogens (tertiary/aromatic N) is 1. The van der Waals surface area contributed by atoms with Crippen molar-refractivity contribution in [2.75, 3.05) is 25.1 Å². The van der Waals surface area contributed by atoms with E-state index in [1.54, 1.807) is 63.6 Å². The summed E-state index contributed by atoms with van der Waals surface area (Å²) < 4.78 is 45.0. The minimum absolute atomic E-state index is 0.106. The van der Waals surface area contributed by atoms with Crippen LogP contribution in [0.25, 0.3) is 0 Å². The molecule has 190 valence electrons. The maximum absolute atomic E-state index is 13.6. The quantitative estimate of drug-likeness (QED) is 0.483. The highest BCUT2D eigenvalue weighted by atomic mass is 35.5.